The van der Waals surface area contributed by atoms with E-state index in [-0.39, 0.29) is 19.1 Å². The highest BCUT2D eigenvalue weighted by atomic mass is 16.5. The van der Waals surface area contributed by atoms with Crippen LogP contribution in [0.15, 0.2) is 35.1 Å². The number of nitrogen functional groups attached to an aromatic ring is 1. The van der Waals surface area contributed by atoms with Crippen molar-refractivity contribution in [2.24, 2.45) is 0 Å². The number of carbonyl (C=O) groups excluding carboxylic acids is 1. The molecule has 1 aromatic heterocycles. The first-order valence-corrected chi connectivity index (χ1v) is 6.82. The summed E-state index contributed by atoms with van der Waals surface area (Å²) in [5.41, 5.74) is 6.30. The number of methoxy groups -OCH3 is 2. The Kier molecular flexibility index (Phi) is 5.32. The summed E-state index contributed by atoms with van der Waals surface area (Å²) in [6, 6.07) is 8.18. The van der Waals surface area contributed by atoms with Crippen molar-refractivity contribution in [2.45, 2.75) is 13.2 Å². The smallest absolute Gasteiger partial charge is 0.255 e. The average molecular weight is 318 g/mol. The van der Waals surface area contributed by atoms with Crippen molar-refractivity contribution >= 4 is 17.5 Å². The zero-order chi connectivity index (χ0) is 16.8. The first kappa shape index (κ1) is 16.5. The van der Waals surface area contributed by atoms with Crippen LogP contribution < -0.4 is 21.3 Å². The zero-order valence-electron chi connectivity index (χ0n) is 12.9. The molecule has 0 saturated heterocycles. The fourth-order valence-corrected chi connectivity index (χ4v) is 2.00. The van der Waals surface area contributed by atoms with E-state index in [9.17, 15) is 9.59 Å². The lowest BCUT2D eigenvalue weighted by Gasteiger charge is -2.11. The van der Waals surface area contributed by atoms with Crippen LogP contribution in [0.2, 0.25) is 0 Å². The SMILES string of the molecule is COCc1cc(=O)n(CC(=O)Nc2cccc(OC)c2)c(N)n1. The highest BCUT2D eigenvalue weighted by Crippen LogP contribution is 2.16. The number of aromatic nitrogens is 2. The van der Waals surface area contributed by atoms with Crippen LogP contribution in [0.25, 0.3) is 0 Å². The molecule has 1 amide bonds. The minimum atomic E-state index is -0.412. The maximum absolute atomic E-state index is 12.1. The lowest BCUT2D eigenvalue weighted by Crippen LogP contribution is -2.30. The van der Waals surface area contributed by atoms with Gasteiger partial charge in [0.1, 0.15) is 12.3 Å². The Morgan fingerprint density at radius 1 is 1.35 bits per heavy atom. The van der Waals surface area contributed by atoms with Crippen LogP contribution in [0.3, 0.4) is 0 Å². The molecule has 0 unspecified atom stereocenters. The number of ether oxygens (including phenoxy) is 2. The quantitative estimate of drug-likeness (QED) is 0.808. The van der Waals surface area contributed by atoms with Gasteiger partial charge in [0, 0.05) is 24.9 Å². The fourth-order valence-electron chi connectivity index (χ4n) is 2.00. The number of nitrogens with two attached hydrogens (primary N) is 1. The molecule has 23 heavy (non-hydrogen) atoms. The molecule has 1 aromatic carbocycles. The molecule has 0 spiro atoms. The number of carbonyl (C=O) groups is 1. The highest BCUT2D eigenvalue weighted by molar-refractivity contribution is 5.90. The molecular formula is C15H18N4O4. The number of nitrogens with zero attached hydrogens (tertiary/aromatic N) is 2. The minimum Gasteiger partial charge on any atom is -0.497 e. The van der Waals surface area contributed by atoms with Gasteiger partial charge in [-0.25, -0.2) is 4.98 Å². The van der Waals surface area contributed by atoms with Crippen molar-refractivity contribution in [3.05, 3.63) is 46.4 Å². The molecule has 0 saturated carbocycles. The Balaban J connectivity index is 2.12. The van der Waals surface area contributed by atoms with Crippen LogP contribution >= 0.6 is 0 Å². The third-order valence-corrected chi connectivity index (χ3v) is 3.04. The van der Waals surface area contributed by atoms with Gasteiger partial charge in [0.25, 0.3) is 5.56 Å². The van der Waals surface area contributed by atoms with Crippen LogP contribution in [0, 0.1) is 0 Å². The summed E-state index contributed by atoms with van der Waals surface area (Å²) >= 11 is 0. The van der Waals surface area contributed by atoms with E-state index in [1.54, 1.807) is 24.3 Å². The van der Waals surface area contributed by atoms with Crippen molar-refractivity contribution in [1.29, 1.82) is 0 Å². The zero-order valence-corrected chi connectivity index (χ0v) is 12.9. The van der Waals surface area contributed by atoms with E-state index in [0.29, 0.717) is 17.1 Å². The largest absolute Gasteiger partial charge is 0.497 e. The predicted molar refractivity (Wildman–Crippen MR) is 85.2 cm³/mol. The second-order valence-electron chi connectivity index (χ2n) is 4.74. The molecule has 2 rings (SSSR count). The van der Waals surface area contributed by atoms with Crippen LogP contribution in [-0.2, 0) is 22.7 Å². The van der Waals surface area contributed by atoms with Gasteiger partial charge in [0.2, 0.25) is 11.9 Å². The molecule has 0 aliphatic carbocycles. The first-order chi connectivity index (χ1) is 11.0. The van der Waals surface area contributed by atoms with Crippen molar-refractivity contribution in [1.82, 2.24) is 9.55 Å². The highest BCUT2D eigenvalue weighted by Gasteiger charge is 2.11. The molecule has 0 bridgehead atoms. The number of hydrogen-bond acceptors (Lipinski definition) is 6. The molecule has 0 aliphatic heterocycles. The Morgan fingerprint density at radius 3 is 2.78 bits per heavy atom. The van der Waals surface area contributed by atoms with Gasteiger partial charge in [-0.05, 0) is 12.1 Å². The van der Waals surface area contributed by atoms with Gasteiger partial charge in [0.05, 0.1) is 19.4 Å². The van der Waals surface area contributed by atoms with Crippen LogP contribution in [0.5, 0.6) is 5.75 Å². The van der Waals surface area contributed by atoms with E-state index in [4.69, 9.17) is 15.2 Å². The lowest BCUT2D eigenvalue weighted by molar-refractivity contribution is -0.116. The van der Waals surface area contributed by atoms with E-state index in [0.717, 1.165) is 4.57 Å². The van der Waals surface area contributed by atoms with Crippen molar-refractivity contribution in [3.63, 3.8) is 0 Å². The molecule has 0 radical (unpaired) electrons. The molecule has 122 valence electrons. The monoisotopic (exact) mass is 318 g/mol. The topological polar surface area (TPSA) is 108 Å². The normalized spacial score (nSPS) is 10.3. The second-order valence-corrected chi connectivity index (χ2v) is 4.74. The van der Waals surface area contributed by atoms with Gasteiger partial charge in [-0.1, -0.05) is 6.07 Å². The summed E-state index contributed by atoms with van der Waals surface area (Å²) in [4.78, 5) is 28.1. The first-order valence-electron chi connectivity index (χ1n) is 6.82. The number of nitrogens with one attached hydrogen (secondary N) is 1. The summed E-state index contributed by atoms with van der Waals surface area (Å²) in [6.45, 7) is -0.0571. The van der Waals surface area contributed by atoms with Crippen LogP contribution in [-0.4, -0.2) is 29.7 Å². The van der Waals surface area contributed by atoms with Gasteiger partial charge in [0.15, 0.2) is 0 Å². The predicted octanol–water partition coefficient (Wildman–Crippen LogP) is 0.619. The standard InChI is InChI=1S/C15H18N4O4/c1-22-9-11-7-14(21)19(15(16)18-11)8-13(20)17-10-4-3-5-12(6-10)23-2/h3-7H,8-9H2,1-2H3,(H2,16,18)(H,17,20). The molecule has 3 N–H and O–H groups in total. The Labute approximate surface area is 132 Å². The number of rotatable bonds is 6. The van der Waals surface area contributed by atoms with Gasteiger partial charge in [-0.15, -0.1) is 0 Å². The molecule has 0 fully saturated rings. The van der Waals surface area contributed by atoms with Crippen LogP contribution in [0.1, 0.15) is 5.69 Å². The average Bonchev–Trinajstić information content (AvgIpc) is 2.51. The van der Waals surface area contributed by atoms with Crippen molar-refractivity contribution in [3.8, 4) is 5.75 Å². The second kappa shape index (κ2) is 7.41. The lowest BCUT2D eigenvalue weighted by atomic mass is 10.3. The Morgan fingerprint density at radius 2 is 2.13 bits per heavy atom. The Hall–Kier alpha value is -2.87. The fraction of sp³-hybridized carbons (Fsp3) is 0.267. The van der Waals surface area contributed by atoms with Crippen molar-refractivity contribution < 1.29 is 14.3 Å². The molecule has 1 heterocycles. The maximum Gasteiger partial charge on any atom is 0.255 e. The third kappa shape index (κ3) is 4.30. The third-order valence-electron chi connectivity index (χ3n) is 3.04. The van der Waals surface area contributed by atoms with E-state index < -0.39 is 11.5 Å². The van der Waals surface area contributed by atoms with Gasteiger partial charge < -0.3 is 20.5 Å². The molecule has 8 heteroatoms. The minimum absolute atomic E-state index is 0.0367. The molecule has 0 aliphatic rings. The maximum atomic E-state index is 12.1. The van der Waals surface area contributed by atoms with E-state index >= 15 is 0 Å². The number of benzene rings is 1. The summed E-state index contributed by atoms with van der Waals surface area (Å²) in [7, 11) is 3.03. The number of amides is 1. The van der Waals surface area contributed by atoms with E-state index in [1.807, 2.05) is 0 Å². The summed E-state index contributed by atoms with van der Waals surface area (Å²) in [5.74, 6) is 0.184. The van der Waals surface area contributed by atoms with E-state index in [2.05, 4.69) is 10.3 Å². The summed E-state index contributed by atoms with van der Waals surface area (Å²) in [6.07, 6.45) is 0. The molecular weight excluding hydrogens is 300 g/mol. The molecule has 8 nitrogen and oxygen atoms in total. The number of hydrogen-bond donors (Lipinski definition) is 2. The molecule has 2 aromatic rings. The van der Waals surface area contributed by atoms with Gasteiger partial charge in [-0.2, -0.15) is 0 Å². The van der Waals surface area contributed by atoms with Crippen LogP contribution in [0.4, 0.5) is 11.6 Å². The van der Waals surface area contributed by atoms with Gasteiger partial charge in [-0.3, -0.25) is 14.2 Å². The summed E-state index contributed by atoms with van der Waals surface area (Å²) < 4.78 is 11.1. The molecule has 0 atom stereocenters. The van der Waals surface area contributed by atoms with Crippen molar-refractivity contribution in [2.75, 3.05) is 25.3 Å². The van der Waals surface area contributed by atoms with E-state index in [1.165, 1.54) is 20.3 Å². The Bertz CT molecular complexity index is 757. The summed E-state index contributed by atoms with van der Waals surface area (Å²) in [5, 5.41) is 2.67. The number of anilines is 2. The van der Waals surface area contributed by atoms with Gasteiger partial charge >= 0.3 is 0 Å².